The Morgan fingerprint density at radius 2 is 1.88 bits per heavy atom. The quantitative estimate of drug-likeness (QED) is 0.727. The summed E-state index contributed by atoms with van der Waals surface area (Å²) in [5.74, 6) is 0.655. The fourth-order valence-corrected chi connectivity index (χ4v) is 6.46. The molecule has 6 nitrogen and oxygen atoms in total. The van der Waals surface area contributed by atoms with Crippen LogP contribution < -0.4 is 4.74 Å². The predicted molar refractivity (Wildman–Crippen MR) is 93.4 cm³/mol. The predicted octanol–water partition coefficient (Wildman–Crippen LogP) is 1.92. The first-order chi connectivity index (χ1) is 11.2. The fraction of sp³-hybridized carbons (Fsp3) is 0.625. The van der Waals surface area contributed by atoms with Crippen molar-refractivity contribution >= 4 is 19.9 Å². The van der Waals surface area contributed by atoms with E-state index in [-0.39, 0.29) is 22.3 Å². The number of sulfonamides is 1. The van der Waals surface area contributed by atoms with Crippen LogP contribution in [0.1, 0.15) is 27.2 Å². The van der Waals surface area contributed by atoms with E-state index in [1.54, 1.807) is 12.1 Å². The van der Waals surface area contributed by atoms with Crippen LogP contribution >= 0.6 is 0 Å². The van der Waals surface area contributed by atoms with Crippen LogP contribution in [-0.4, -0.2) is 51.8 Å². The van der Waals surface area contributed by atoms with Gasteiger partial charge in [-0.15, -0.1) is 0 Å². The Bertz CT molecular complexity index is 754. The van der Waals surface area contributed by atoms with Crippen molar-refractivity contribution in [2.45, 2.75) is 38.1 Å². The molecule has 1 heterocycles. The normalized spacial score (nSPS) is 20.6. The monoisotopic (exact) mass is 375 g/mol. The van der Waals surface area contributed by atoms with Crippen LogP contribution in [0.2, 0.25) is 0 Å². The smallest absolute Gasteiger partial charge is 0.243 e. The van der Waals surface area contributed by atoms with Gasteiger partial charge in [-0.25, -0.2) is 16.8 Å². The molecule has 0 spiro atoms. The van der Waals surface area contributed by atoms with Gasteiger partial charge in [0.05, 0.1) is 23.0 Å². The second-order valence-electron chi connectivity index (χ2n) is 6.43. The van der Waals surface area contributed by atoms with Crippen molar-refractivity contribution in [2.75, 3.05) is 24.7 Å². The molecule has 0 aromatic heterocycles. The summed E-state index contributed by atoms with van der Waals surface area (Å²) >= 11 is 0. The molecule has 0 saturated carbocycles. The zero-order valence-corrected chi connectivity index (χ0v) is 15.9. The maximum atomic E-state index is 13.0. The summed E-state index contributed by atoms with van der Waals surface area (Å²) in [7, 11) is -6.91. The molecule has 0 aliphatic carbocycles. The van der Waals surface area contributed by atoms with E-state index in [1.165, 1.54) is 16.4 Å². The van der Waals surface area contributed by atoms with Crippen molar-refractivity contribution in [1.82, 2.24) is 4.31 Å². The Labute approximate surface area is 144 Å². The largest absolute Gasteiger partial charge is 0.494 e. The maximum absolute atomic E-state index is 13.0. The number of benzene rings is 1. The highest BCUT2D eigenvalue weighted by Gasteiger charge is 2.38. The zero-order valence-electron chi connectivity index (χ0n) is 14.3. The van der Waals surface area contributed by atoms with E-state index in [4.69, 9.17) is 4.74 Å². The van der Waals surface area contributed by atoms with Crippen LogP contribution in [-0.2, 0) is 19.9 Å². The van der Waals surface area contributed by atoms with Crippen molar-refractivity contribution in [3.8, 4) is 5.75 Å². The Morgan fingerprint density at radius 1 is 1.25 bits per heavy atom. The second-order valence-corrected chi connectivity index (χ2v) is 10.5. The molecule has 1 atom stereocenters. The van der Waals surface area contributed by atoms with Crippen LogP contribution in [0.25, 0.3) is 0 Å². The Kier molecular flexibility index (Phi) is 5.93. The summed E-state index contributed by atoms with van der Waals surface area (Å²) < 4.78 is 56.3. The summed E-state index contributed by atoms with van der Waals surface area (Å²) in [6.45, 7) is 6.51. The minimum atomic E-state index is -3.75. The van der Waals surface area contributed by atoms with Gasteiger partial charge in [-0.1, -0.05) is 13.8 Å². The molecule has 24 heavy (non-hydrogen) atoms. The number of hydrogen-bond donors (Lipinski definition) is 0. The third-order valence-electron chi connectivity index (χ3n) is 3.90. The van der Waals surface area contributed by atoms with Gasteiger partial charge >= 0.3 is 0 Å². The highest BCUT2D eigenvalue weighted by atomic mass is 32.2. The molecule has 1 fully saturated rings. The molecule has 2 rings (SSSR count). The summed E-state index contributed by atoms with van der Waals surface area (Å²) in [6.07, 6.45) is 0.352. The highest BCUT2D eigenvalue weighted by molar-refractivity contribution is 7.92. The molecule has 1 aliphatic rings. The lowest BCUT2D eigenvalue weighted by molar-refractivity contribution is 0.307. The lowest BCUT2D eigenvalue weighted by Crippen LogP contribution is -2.43. The first-order valence-electron chi connectivity index (χ1n) is 8.11. The van der Waals surface area contributed by atoms with Crippen molar-refractivity contribution in [2.24, 2.45) is 5.92 Å². The molecule has 1 saturated heterocycles. The van der Waals surface area contributed by atoms with Crippen molar-refractivity contribution in [1.29, 1.82) is 0 Å². The minimum Gasteiger partial charge on any atom is -0.494 e. The average Bonchev–Trinajstić information content (AvgIpc) is 2.85. The van der Waals surface area contributed by atoms with Gasteiger partial charge in [0.25, 0.3) is 0 Å². The molecular weight excluding hydrogens is 350 g/mol. The van der Waals surface area contributed by atoms with Crippen LogP contribution in [0.15, 0.2) is 29.2 Å². The topological polar surface area (TPSA) is 80.8 Å². The number of ether oxygens (including phenoxy) is 1. The summed E-state index contributed by atoms with van der Waals surface area (Å²) in [5.41, 5.74) is 0. The van der Waals surface area contributed by atoms with Gasteiger partial charge in [0, 0.05) is 12.6 Å². The van der Waals surface area contributed by atoms with Crippen molar-refractivity contribution in [3.63, 3.8) is 0 Å². The van der Waals surface area contributed by atoms with Gasteiger partial charge in [0.15, 0.2) is 9.84 Å². The number of nitrogens with zero attached hydrogens (tertiary/aromatic N) is 1. The molecule has 1 aromatic rings. The SMILES string of the molecule is CCOc1ccc(S(=O)(=O)N(CC(C)C)C2CCS(=O)(=O)C2)cc1. The summed E-state index contributed by atoms with van der Waals surface area (Å²) in [4.78, 5) is 0.163. The van der Waals surface area contributed by atoms with Crippen LogP contribution in [0.4, 0.5) is 0 Å². The standard InChI is InChI=1S/C16H25NO5S2/c1-4-22-15-5-7-16(8-6-15)24(20,21)17(11-13(2)3)14-9-10-23(18,19)12-14/h5-8,13-14H,4,9-12H2,1-3H3. The van der Waals surface area contributed by atoms with Crippen LogP contribution in [0.5, 0.6) is 5.75 Å². The minimum absolute atomic E-state index is 0.0467. The van der Waals surface area contributed by atoms with E-state index in [9.17, 15) is 16.8 Å². The lowest BCUT2D eigenvalue weighted by Gasteiger charge is -2.29. The van der Waals surface area contributed by atoms with Crippen molar-refractivity contribution < 1.29 is 21.6 Å². The molecule has 0 N–H and O–H groups in total. The van der Waals surface area contributed by atoms with E-state index < -0.39 is 25.9 Å². The Hall–Kier alpha value is -1.12. The molecular formula is C16H25NO5S2. The van der Waals surface area contributed by atoms with Crippen LogP contribution in [0.3, 0.4) is 0 Å². The molecule has 0 radical (unpaired) electrons. The maximum Gasteiger partial charge on any atom is 0.243 e. The molecule has 8 heteroatoms. The highest BCUT2D eigenvalue weighted by Crippen LogP contribution is 2.27. The molecule has 0 amide bonds. The first-order valence-corrected chi connectivity index (χ1v) is 11.4. The average molecular weight is 376 g/mol. The third-order valence-corrected chi connectivity index (χ3v) is 7.58. The Balaban J connectivity index is 2.33. The van der Waals surface area contributed by atoms with Gasteiger partial charge in [-0.3, -0.25) is 0 Å². The fourth-order valence-electron chi connectivity index (χ4n) is 2.82. The first kappa shape index (κ1) is 19.2. The summed E-state index contributed by atoms with van der Waals surface area (Å²) in [5, 5.41) is 0. The molecule has 1 aliphatic heterocycles. The van der Waals surface area contributed by atoms with Gasteiger partial charge in [-0.2, -0.15) is 4.31 Å². The molecule has 1 unspecified atom stereocenters. The van der Waals surface area contributed by atoms with E-state index in [1.807, 2.05) is 20.8 Å². The Morgan fingerprint density at radius 3 is 2.33 bits per heavy atom. The molecule has 0 bridgehead atoms. The number of sulfone groups is 1. The van der Waals surface area contributed by atoms with Gasteiger partial charge in [-0.05, 0) is 43.5 Å². The van der Waals surface area contributed by atoms with E-state index >= 15 is 0 Å². The van der Waals surface area contributed by atoms with Crippen LogP contribution in [0, 0.1) is 5.92 Å². The van der Waals surface area contributed by atoms with E-state index in [0.29, 0.717) is 25.3 Å². The third kappa shape index (κ3) is 4.49. The lowest BCUT2D eigenvalue weighted by atomic mass is 10.2. The van der Waals surface area contributed by atoms with Crippen molar-refractivity contribution in [3.05, 3.63) is 24.3 Å². The molecule has 1 aromatic carbocycles. The van der Waals surface area contributed by atoms with E-state index in [0.717, 1.165) is 0 Å². The number of hydrogen-bond acceptors (Lipinski definition) is 5. The second kappa shape index (κ2) is 7.41. The number of rotatable bonds is 7. The van der Waals surface area contributed by atoms with Gasteiger partial charge < -0.3 is 4.74 Å². The summed E-state index contributed by atoms with van der Waals surface area (Å²) in [6, 6.07) is 5.77. The zero-order chi connectivity index (χ0) is 18.0. The van der Waals surface area contributed by atoms with Gasteiger partial charge in [0.1, 0.15) is 5.75 Å². The van der Waals surface area contributed by atoms with E-state index in [2.05, 4.69) is 0 Å². The molecule has 136 valence electrons. The van der Waals surface area contributed by atoms with Gasteiger partial charge in [0.2, 0.25) is 10.0 Å².